The highest BCUT2D eigenvalue weighted by Crippen LogP contribution is 2.31. The van der Waals surface area contributed by atoms with Gasteiger partial charge < -0.3 is 19.9 Å². The monoisotopic (exact) mass is 281 g/mol. The highest BCUT2D eigenvalue weighted by molar-refractivity contribution is 5.46. The molecule has 0 atom stereocenters. The van der Waals surface area contributed by atoms with Gasteiger partial charge in [-0.1, -0.05) is 12.1 Å². The molecule has 1 aromatic rings. The third-order valence-corrected chi connectivity index (χ3v) is 2.64. The molecule has 114 valence electrons. The standard InChI is InChI=1S/C16H27NO3/c1-5-18-14-8-6-7-13(9-10-17)15(14)19-11-12-20-16(2,3)4/h6-8H,5,9-12,17H2,1-4H3. The normalized spacial score (nSPS) is 11.4. The lowest BCUT2D eigenvalue weighted by Gasteiger charge is -2.20. The van der Waals surface area contributed by atoms with E-state index in [1.165, 1.54) is 0 Å². The molecular formula is C16H27NO3. The predicted molar refractivity (Wildman–Crippen MR) is 81.6 cm³/mol. The minimum absolute atomic E-state index is 0.150. The number of para-hydroxylation sites is 1. The first-order valence-electron chi connectivity index (χ1n) is 7.19. The van der Waals surface area contributed by atoms with E-state index in [0.717, 1.165) is 23.5 Å². The maximum atomic E-state index is 5.86. The van der Waals surface area contributed by atoms with E-state index in [2.05, 4.69) is 0 Å². The first-order chi connectivity index (χ1) is 9.48. The largest absolute Gasteiger partial charge is 0.490 e. The van der Waals surface area contributed by atoms with Crippen LogP contribution in [0.25, 0.3) is 0 Å². The Morgan fingerprint density at radius 3 is 2.45 bits per heavy atom. The Balaban J connectivity index is 2.69. The van der Waals surface area contributed by atoms with Crippen molar-refractivity contribution in [2.75, 3.05) is 26.4 Å². The summed E-state index contributed by atoms with van der Waals surface area (Å²) in [6.45, 7) is 10.3. The van der Waals surface area contributed by atoms with Crippen molar-refractivity contribution in [2.24, 2.45) is 5.73 Å². The summed E-state index contributed by atoms with van der Waals surface area (Å²) in [6.07, 6.45) is 0.774. The van der Waals surface area contributed by atoms with Crippen molar-refractivity contribution in [1.82, 2.24) is 0 Å². The molecule has 0 bridgehead atoms. The minimum Gasteiger partial charge on any atom is -0.490 e. The quantitative estimate of drug-likeness (QED) is 0.744. The highest BCUT2D eigenvalue weighted by Gasteiger charge is 2.12. The Labute approximate surface area is 122 Å². The predicted octanol–water partition coefficient (Wildman–Crippen LogP) is 2.78. The van der Waals surface area contributed by atoms with Gasteiger partial charge in [0.25, 0.3) is 0 Å². The summed E-state index contributed by atoms with van der Waals surface area (Å²) in [4.78, 5) is 0. The fourth-order valence-corrected chi connectivity index (χ4v) is 1.84. The number of ether oxygens (including phenoxy) is 3. The van der Waals surface area contributed by atoms with Crippen LogP contribution in [-0.2, 0) is 11.2 Å². The summed E-state index contributed by atoms with van der Waals surface area (Å²) in [5.41, 5.74) is 6.57. The Morgan fingerprint density at radius 2 is 1.85 bits per heavy atom. The number of hydrogen-bond acceptors (Lipinski definition) is 4. The topological polar surface area (TPSA) is 53.7 Å². The molecule has 0 radical (unpaired) electrons. The molecule has 0 heterocycles. The molecule has 0 aromatic heterocycles. The second kappa shape index (κ2) is 8.12. The molecule has 0 aliphatic heterocycles. The van der Waals surface area contributed by atoms with Crippen LogP contribution in [-0.4, -0.2) is 32.0 Å². The number of nitrogens with two attached hydrogens (primary N) is 1. The van der Waals surface area contributed by atoms with Gasteiger partial charge in [0, 0.05) is 0 Å². The zero-order valence-corrected chi connectivity index (χ0v) is 13.1. The molecule has 0 unspecified atom stereocenters. The van der Waals surface area contributed by atoms with Gasteiger partial charge in [0.2, 0.25) is 0 Å². The number of rotatable bonds is 8. The molecule has 0 spiro atoms. The first-order valence-corrected chi connectivity index (χ1v) is 7.19. The van der Waals surface area contributed by atoms with Gasteiger partial charge in [-0.3, -0.25) is 0 Å². The minimum atomic E-state index is -0.150. The van der Waals surface area contributed by atoms with Crippen LogP contribution < -0.4 is 15.2 Å². The summed E-state index contributed by atoms with van der Waals surface area (Å²) < 4.78 is 17.1. The van der Waals surface area contributed by atoms with E-state index in [4.69, 9.17) is 19.9 Å². The smallest absolute Gasteiger partial charge is 0.164 e. The number of hydrogen-bond donors (Lipinski definition) is 1. The van der Waals surface area contributed by atoms with Crippen LogP contribution in [0.3, 0.4) is 0 Å². The fourth-order valence-electron chi connectivity index (χ4n) is 1.84. The molecule has 0 aliphatic rings. The molecule has 2 N–H and O–H groups in total. The van der Waals surface area contributed by atoms with E-state index < -0.39 is 0 Å². The Morgan fingerprint density at radius 1 is 1.10 bits per heavy atom. The molecular weight excluding hydrogens is 254 g/mol. The zero-order chi connectivity index (χ0) is 15.0. The summed E-state index contributed by atoms with van der Waals surface area (Å²) in [5.74, 6) is 1.56. The van der Waals surface area contributed by atoms with Crippen LogP contribution in [0.15, 0.2) is 18.2 Å². The van der Waals surface area contributed by atoms with Crippen molar-refractivity contribution in [3.8, 4) is 11.5 Å². The third-order valence-electron chi connectivity index (χ3n) is 2.64. The van der Waals surface area contributed by atoms with Crippen LogP contribution >= 0.6 is 0 Å². The second-order valence-electron chi connectivity index (χ2n) is 5.53. The molecule has 0 aliphatic carbocycles. The van der Waals surface area contributed by atoms with Gasteiger partial charge in [-0.25, -0.2) is 0 Å². The summed E-state index contributed by atoms with van der Waals surface area (Å²) in [7, 11) is 0. The van der Waals surface area contributed by atoms with Gasteiger partial charge >= 0.3 is 0 Å². The maximum absolute atomic E-state index is 5.86. The lowest BCUT2D eigenvalue weighted by atomic mass is 10.1. The van der Waals surface area contributed by atoms with Gasteiger partial charge in [-0.2, -0.15) is 0 Å². The molecule has 1 aromatic carbocycles. The first kappa shape index (κ1) is 16.8. The molecule has 0 amide bonds. The second-order valence-corrected chi connectivity index (χ2v) is 5.53. The van der Waals surface area contributed by atoms with Gasteiger partial charge in [-0.15, -0.1) is 0 Å². The third kappa shape index (κ3) is 5.80. The summed E-state index contributed by atoms with van der Waals surface area (Å²) in [5, 5.41) is 0. The zero-order valence-electron chi connectivity index (χ0n) is 13.1. The summed E-state index contributed by atoms with van der Waals surface area (Å²) >= 11 is 0. The van der Waals surface area contributed by atoms with Crippen molar-refractivity contribution in [3.63, 3.8) is 0 Å². The van der Waals surface area contributed by atoms with Crippen LogP contribution in [0, 0.1) is 0 Å². The van der Waals surface area contributed by atoms with Crippen LogP contribution in [0.4, 0.5) is 0 Å². The molecule has 4 nitrogen and oxygen atoms in total. The lowest BCUT2D eigenvalue weighted by molar-refractivity contribution is -0.0166. The van der Waals surface area contributed by atoms with E-state index in [-0.39, 0.29) is 5.60 Å². The van der Waals surface area contributed by atoms with E-state index in [1.807, 2.05) is 45.9 Å². The van der Waals surface area contributed by atoms with Crippen molar-refractivity contribution < 1.29 is 14.2 Å². The van der Waals surface area contributed by atoms with Crippen LogP contribution in [0.5, 0.6) is 11.5 Å². The molecule has 4 heteroatoms. The molecule has 0 saturated carbocycles. The van der Waals surface area contributed by atoms with Gasteiger partial charge in [-0.05, 0) is 52.3 Å². The van der Waals surface area contributed by atoms with Crippen LogP contribution in [0.2, 0.25) is 0 Å². The Hall–Kier alpha value is -1.26. The average molecular weight is 281 g/mol. The van der Waals surface area contributed by atoms with Crippen molar-refractivity contribution in [1.29, 1.82) is 0 Å². The van der Waals surface area contributed by atoms with Crippen LogP contribution in [0.1, 0.15) is 33.3 Å². The van der Waals surface area contributed by atoms with Crippen molar-refractivity contribution >= 4 is 0 Å². The van der Waals surface area contributed by atoms with Gasteiger partial charge in [0.1, 0.15) is 6.61 Å². The Kier molecular flexibility index (Phi) is 6.82. The van der Waals surface area contributed by atoms with E-state index >= 15 is 0 Å². The summed E-state index contributed by atoms with van der Waals surface area (Å²) in [6, 6.07) is 5.91. The van der Waals surface area contributed by atoms with Gasteiger partial charge in [0.05, 0.1) is 18.8 Å². The van der Waals surface area contributed by atoms with E-state index in [9.17, 15) is 0 Å². The average Bonchev–Trinajstić information content (AvgIpc) is 2.36. The van der Waals surface area contributed by atoms with Crippen molar-refractivity contribution in [3.05, 3.63) is 23.8 Å². The molecule has 0 saturated heterocycles. The Bertz CT molecular complexity index is 375. The highest BCUT2D eigenvalue weighted by atomic mass is 16.5. The number of benzene rings is 1. The molecule has 0 fully saturated rings. The molecule has 1 rings (SSSR count). The SMILES string of the molecule is CCOc1cccc(CCN)c1OCCOC(C)(C)C. The van der Waals surface area contributed by atoms with Crippen molar-refractivity contribution in [2.45, 2.75) is 39.7 Å². The fraction of sp³-hybridized carbons (Fsp3) is 0.625. The molecule has 20 heavy (non-hydrogen) atoms. The lowest BCUT2D eigenvalue weighted by Crippen LogP contribution is -2.22. The van der Waals surface area contributed by atoms with E-state index in [0.29, 0.717) is 26.4 Å². The maximum Gasteiger partial charge on any atom is 0.164 e. The van der Waals surface area contributed by atoms with Gasteiger partial charge in [0.15, 0.2) is 11.5 Å². The van der Waals surface area contributed by atoms with E-state index in [1.54, 1.807) is 0 Å².